The zero-order chi connectivity index (χ0) is 13.7. The van der Waals surface area contributed by atoms with Crippen LogP contribution in [0.25, 0.3) is 0 Å². The molecule has 2 aromatic carbocycles. The van der Waals surface area contributed by atoms with Crippen molar-refractivity contribution in [2.24, 2.45) is 5.73 Å². The zero-order valence-electron chi connectivity index (χ0n) is 10.9. The lowest BCUT2D eigenvalue weighted by atomic mass is 9.98. The molecule has 0 spiro atoms. The van der Waals surface area contributed by atoms with Crippen LogP contribution in [0.4, 0.5) is 0 Å². The molecule has 0 heterocycles. The third-order valence-electron chi connectivity index (χ3n) is 3.01. The van der Waals surface area contributed by atoms with Crippen molar-refractivity contribution in [2.75, 3.05) is 7.11 Å². The number of ether oxygens (including phenoxy) is 1. The first-order valence-electron chi connectivity index (χ1n) is 6.18. The molecule has 0 radical (unpaired) electrons. The van der Waals surface area contributed by atoms with Gasteiger partial charge in [0.1, 0.15) is 5.75 Å². The summed E-state index contributed by atoms with van der Waals surface area (Å²) in [5.41, 5.74) is 7.65. The lowest BCUT2D eigenvalue weighted by Gasteiger charge is -2.11. The van der Waals surface area contributed by atoms with Crippen LogP contribution in [0.1, 0.15) is 15.9 Å². The summed E-state index contributed by atoms with van der Waals surface area (Å²) in [7, 11) is 1.60. The van der Waals surface area contributed by atoms with Crippen LogP contribution < -0.4 is 10.5 Å². The Morgan fingerprint density at radius 2 is 1.74 bits per heavy atom. The van der Waals surface area contributed by atoms with Gasteiger partial charge in [0.05, 0.1) is 13.2 Å². The van der Waals surface area contributed by atoms with Gasteiger partial charge < -0.3 is 10.5 Å². The van der Waals surface area contributed by atoms with Crippen molar-refractivity contribution in [2.45, 2.75) is 12.5 Å². The molecule has 0 fully saturated rings. The molecule has 0 aliphatic carbocycles. The maximum absolute atomic E-state index is 12.2. The van der Waals surface area contributed by atoms with Gasteiger partial charge in [-0.15, -0.1) is 0 Å². The second-order valence-corrected chi connectivity index (χ2v) is 4.39. The molecular formula is C16H17NO2. The number of benzene rings is 2. The third-order valence-corrected chi connectivity index (χ3v) is 3.01. The van der Waals surface area contributed by atoms with Crippen molar-refractivity contribution in [3.8, 4) is 5.75 Å². The van der Waals surface area contributed by atoms with Gasteiger partial charge in [0.15, 0.2) is 5.78 Å². The molecule has 2 aromatic rings. The predicted octanol–water partition coefficient (Wildman–Crippen LogP) is 2.45. The van der Waals surface area contributed by atoms with Crippen molar-refractivity contribution in [3.63, 3.8) is 0 Å². The van der Waals surface area contributed by atoms with Gasteiger partial charge >= 0.3 is 0 Å². The fourth-order valence-corrected chi connectivity index (χ4v) is 1.93. The SMILES string of the molecule is COc1ccc(C(=O)C(N)Cc2ccccc2)cc1. The highest BCUT2D eigenvalue weighted by Gasteiger charge is 2.16. The van der Waals surface area contributed by atoms with Crippen LogP contribution in [0, 0.1) is 0 Å². The van der Waals surface area contributed by atoms with Crippen molar-refractivity contribution < 1.29 is 9.53 Å². The molecule has 1 atom stereocenters. The molecule has 98 valence electrons. The summed E-state index contributed by atoms with van der Waals surface area (Å²) in [6.07, 6.45) is 0.547. The van der Waals surface area contributed by atoms with E-state index in [1.807, 2.05) is 30.3 Å². The van der Waals surface area contributed by atoms with E-state index in [1.165, 1.54) is 0 Å². The highest BCUT2D eigenvalue weighted by atomic mass is 16.5. The third kappa shape index (κ3) is 3.42. The smallest absolute Gasteiger partial charge is 0.179 e. The minimum Gasteiger partial charge on any atom is -0.497 e. The molecule has 2 rings (SSSR count). The zero-order valence-corrected chi connectivity index (χ0v) is 10.9. The first-order chi connectivity index (χ1) is 9.20. The summed E-state index contributed by atoms with van der Waals surface area (Å²) in [6, 6.07) is 16.3. The number of rotatable bonds is 5. The van der Waals surface area contributed by atoms with Crippen LogP contribution in [0.2, 0.25) is 0 Å². The Kier molecular flexibility index (Phi) is 4.31. The van der Waals surface area contributed by atoms with Gasteiger partial charge in [-0.25, -0.2) is 0 Å². The number of hydrogen-bond donors (Lipinski definition) is 1. The van der Waals surface area contributed by atoms with Crippen molar-refractivity contribution in [3.05, 3.63) is 65.7 Å². The van der Waals surface area contributed by atoms with E-state index in [9.17, 15) is 4.79 Å². The van der Waals surface area contributed by atoms with Crippen LogP contribution in [0.3, 0.4) is 0 Å². The summed E-state index contributed by atoms with van der Waals surface area (Å²) in [5, 5.41) is 0. The Balaban J connectivity index is 2.06. The topological polar surface area (TPSA) is 52.3 Å². The summed E-state index contributed by atoms with van der Waals surface area (Å²) in [5.74, 6) is 0.680. The molecule has 0 saturated heterocycles. The summed E-state index contributed by atoms with van der Waals surface area (Å²) in [4.78, 5) is 12.2. The minimum absolute atomic E-state index is 0.0495. The van der Waals surface area contributed by atoms with Crippen LogP contribution in [-0.4, -0.2) is 18.9 Å². The highest BCUT2D eigenvalue weighted by Crippen LogP contribution is 2.13. The molecule has 0 bridgehead atoms. The number of hydrogen-bond acceptors (Lipinski definition) is 3. The number of ketones is 1. The van der Waals surface area contributed by atoms with Crippen LogP contribution in [-0.2, 0) is 6.42 Å². The monoisotopic (exact) mass is 255 g/mol. The van der Waals surface area contributed by atoms with Gasteiger partial charge in [-0.2, -0.15) is 0 Å². The Labute approximate surface area is 113 Å². The number of nitrogens with two attached hydrogens (primary N) is 1. The molecule has 2 N–H and O–H groups in total. The van der Waals surface area contributed by atoms with Crippen molar-refractivity contribution in [1.29, 1.82) is 0 Å². The van der Waals surface area contributed by atoms with E-state index >= 15 is 0 Å². The Morgan fingerprint density at radius 1 is 1.11 bits per heavy atom. The first-order valence-corrected chi connectivity index (χ1v) is 6.18. The van der Waals surface area contributed by atoms with Crippen LogP contribution in [0.15, 0.2) is 54.6 Å². The highest BCUT2D eigenvalue weighted by molar-refractivity contribution is 6.00. The Bertz CT molecular complexity index is 534. The second kappa shape index (κ2) is 6.16. The molecule has 0 amide bonds. The van der Waals surface area contributed by atoms with E-state index in [-0.39, 0.29) is 5.78 Å². The van der Waals surface area contributed by atoms with E-state index in [2.05, 4.69) is 0 Å². The number of carbonyl (C=O) groups is 1. The average molecular weight is 255 g/mol. The maximum atomic E-state index is 12.2. The molecule has 3 nitrogen and oxygen atoms in total. The Morgan fingerprint density at radius 3 is 2.32 bits per heavy atom. The minimum atomic E-state index is -0.518. The molecular weight excluding hydrogens is 238 g/mol. The standard InChI is InChI=1S/C16H17NO2/c1-19-14-9-7-13(8-10-14)16(18)15(17)11-12-5-3-2-4-6-12/h2-10,15H,11,17H2,1H3. The molecule has 0 saturated carbocycles. The normalized spacial score (nSPS) is 11.9. The van der Waals surface area contributed by atoms with Crippen LogP contribution >= 0.6 is 0 Å². The summed E-state index contributed by atoms with van der Waals surface area (Å²) < 4.78 is 5.06. The van der Waals surface area contributed by atoms with E-state index in [1.54, 1.807) is 31.4 Å². The van der Waals surface area contributed by atoms with Crippen molar-refractivity contribution >= 4 is 5.78 Å². The molecule has 0 aliphatic heterocycles. The van der Waals surface area contributed by atoms with Gasteiger partial charge in [-0.1, -0.05) is 30.3 Å². The first kappa shape index (κ1) is 13.3. The number of carbonyl (C=O) groups excluding carboxylic acids is 1. The van der Waals surface area contributed by atoms with Crippen LogP contribution in [0.5, 0.6) is 5.75 Å². The fourth-order valence-electron chi connectivity index (χ4n) is 1.93. The van der Waals surface area contributed by atoms with Gasteiger partial charge in [0.2, 0.25) is 0 Å². The second-order valence-electron chi connectivity index (χ2n) is 4.39. The lowest BCUT2D eigenvalue weighted by Crippen LogP contribution is -2.32. The van der Waals surface area contributed by atoms with Crippen molar-refractivity contribution in [1.82, 2.24) is 0 Å². The molecule has 19 heavy (non-hydrogen) atoms. The van der Waals surface area contributed by atoms with E-state index in [0.717, 1.165) is 11.3 Å². The van der Waals surface area contributed by atoms with Gasteiger partial charge in [-0.05, 0) is 36.2 Å². The summed E-state index contributed by atoms with van der Waals surface area (Å²) >= 11 is 0. The van der Waals surface area contributed by atoms with E-state index in [0.29, 0.717) is 12.0 Å². The van der Waals surface area contributed by atoms with Gasteiger partial charge in [0.25, 0.3) is 0 Å². The van der Waals surface area contributed by atoms with E-state index in [4.69, 9.17) is 10.5 Å². The lowest BCUT2D eigenvalue weighted by molar-refractivity contribution is 0.0961. The number of Topliss-reactive ketones (excluding diaryl/α,β-unsaturated/α-hetero) is 1. The average Bonchev–Trinajstić information content (AvgIpc) is 2.47. The van der Waals surface area contributed by atoms with Gasteiger partial charge in [0, 0.05) is 5.56 Å². The largest absolute Gasteiger partial charge is 0.497 e. The predicted molar refractivity (Wildman–Crippen MR) is 75.4 cm³/mol. The van der Waals surface area contributed by atoms with Gasteiger partial charge in [-0.3, -0.25) is 4.79 Å². The quantitative estimate of drug-likeness (QED) is 0.835. The maximum Gasteiger partial charge on any atom is 0.179 e. The number of methoxy groups -OCH3 is 1. The Hall–Kier alpha value is -2.13. The molecule has 1 unspecified atom stereocenters. The molecule has 0 aliphatic rings. The molecule has 3 heteroatoms. The molecule has 0 aromatic heterocycles. The summed E-state index contributed by atoms with van der Waals surface area (Å²) in [6.45, 7) is 0. The fraction of sp³-hybridized carbons (Fsp3) is 0.188. The van der Waals surface area contributed by atoms with E-state index < -0.39 is 6.04 Å².